The standard InChI is InChI=1S/C16H18N2O/c1-18-15-5-3-2-4-13(15)14(17-18)9-16(19)12-7-10-6-11(10)8-12/h2-5,10-12H,6-9H2,1H3. The molecule has 2 aliphatic rings. The zero-order valence-corrected chi connectivity index (χ0v) is 11.2. The molecule has 2 aliphatic carbocycles. The van der Waals surface area contributed by atoms with Gasteiger partial charge in [-0.2, -0.15) is 5.10 Å². The topological polar surface area (TPSA) is 34.9 Å². The number of rotatable bonds is 3. The molecule has 0 N–H and O–H groups in total. The predicted octanol–water partition coefficient (Wildman–Crippen LogP) is 2.73. The van der Waals surface area contributed by atoms with Gasteiger partial charge in [0.1, 0.15) is 5.78 Å². The zero-order chi connectivity index (χ0) is 13.0. The Kier molecular flexibility index (Phi) is 2.32. The van der Waals surface area contributed by atoms with Crippen LogP contribution in [0.3, 0.4) is 0 Å². The van der Waals surface area contributed by atoms with Gasteiger partial charge in [-0.3, -0.25) is 9.48 Å². The summed E-state index contributed by atoms with van der Waals surface area (Å²) in [6.07, 6.45) is 4.14. The van der Waals surface area contributed by atoms with E-state index in [2.05, 4.69) is 17.2 Å². The number of Topliss-reactive ketones (excluding diaryl/α,β-unsaturated/α-hetero) is 1. The number of hydrogen-bond acceptors (Lipinski definition) is 2. The Balaban J connectivity index is 1.59. The van der Waals surface area contributed by atoms with Crippen LogP contribution in [0.25, 0.3) is 10.9 Å². The number of benzene rings is 1. The maximum Gasteiger partial charge on any atom is 0.142 e. The summed E-state index contributed by atoms with van der Waals surface area (Å²) < 4.78 is 1.88. The number of hydrogen-bond donors (Lipinski definition) is 0. The van der Waals surface area contributed by atoms with Crippen LogP contribution in [0, 0.1) is 17.8 Å². The third kappa shape index (κ3) is 1.79. The van der Waals surface area contributed by atoms with E-state index in [0.717, 1.165) is 41.3 Å². The molecule has 0 amide bonds. The zero-order valence-electron chi connectivity index (χ0n) is 11.2. The summed E-state index contributed by atoms with van der Waals surface area (Å²) in [7, 11) is 1.95. The lowest BCUT2D eigenvalue weighted by Gasteiger charge is -2.09. The molecule has 3 heteroatoms. The van der Waals surface area contributed by atoms with Crippen molar-refractivity contribution in [1.29, 1.82) is 0 Å². The number of aromatic nitrogens is 2. The molecule has 1 aromatic carbocycles. The van der Waals surface area contributed by atoms with Gasteiger partial charge in [0.2, 0.25) is 0 Å². The minimum Gasteiger partial charge on any atom is -0.299 e. The summed E-state index contributed by atoms with van der Waals surface area (Å²) in [6, 6.07) is 8.15. The number of aryl methyl sites for hydroxylation is 1. The largest absolute Gasteiger partial charge is 0.299 e. The highest BCUT2D eigenvalue weighted by Crippen LogP contribution is 2.54. The van der Waals surface area contributed by atoms with Gasteiger partial charge in [0.25, 0.3) is 0 Å². The van der Waals surface area contributed by atoms with Crippen LogP contribution in [-0.2, 0) is 18.3 Å². The molecular weight excluding hydrogens is 236 g/mol. The molecule has 2 saturated carbocycles. The fourth-order valence-electron chi connectivity index (χ4n) is 3.71. The molecule has 2 unspecified atom stereocenters. The second kappa shape index (κ2) is 3.92. The van der Waals surface area contributed by atoms with E-state index >= 15 is 0 Å². The Labute approximate surface area is 112 Å². The molecule has 98 valence electrons. The van der Waals surface area contributed by atoms with Crippen LogP contribution in [0.5, 0.6) is 0 Å². The molecule has 2 fully saturated rings. The third-order valence-electron chi connectivity index (χ3n) is 4.87. The highest BCUT2D eigenvalue weighted by Gasteiger charge is 2.47. The summed E-state index contributed by atoms with van der Waals surface area (Å²) in [6.45, 7) is 0. The molecule has 1 aromatic heterocycles. The molecule has 2 aromatic rings. The molecule has 0 saturated heterocycles. The summed E-state index contributed by atoms with van der Waals surface area (Å²) in [5, 5.41) is 5.65. The van der Waals surface area contributed by atoms with Crippen molar-refractivity contribution in [2.45, 2.75) is 25.7 Å². The maximum absolute atomic E-state index is 12.4. The first-order valence-corrected chi connectivity index (χ1v) is 7.15. The first-order valence-electron chi connectivity index (χ1n) is 7.15. The first kappa shape index (κ1) is 11.2. The summed E-state index contributed by atoms with van der Waals surface area (Å²) >= 11 is 0. The molecule has 0 bridgehead atoms. The van der Waals surface area contributed by atoms with Gasteiger partial charge in [0, 0.05) is 18.4 Å². The molecule has 2 atom stereocenters. The van der Waals surface area contributed by atoms with Gasteiger partial charge in [-0.1, -0.05) is 18.2 Å². The Morgan fingerprint density at radius 2 is 2.00 bits per heavy atom. The summed E-state index contributed by atoms with van der Waals surface area (Å²) in [5.41, 5.74) is 2.06. The first-order chi connectivity index (χ1) is 9.22. The lowest BCUT2D eigenvalue weighted by atomic mass is 9.94. The fraction of sp³-hybridized carbons (Fsp3) is 0.500. The Hall–Kier alpha value is -1.64. The predicted molar refractivity (Wildman–Crippen MR) is 73.7 cm³/mol. The average molecular weight is 254 g/mol. The van der Waals surface area contributed by atoms with Gasteiger partial charge in [0.05, 0.1) is 17.6 Å². The van der Waals surface area contributed by atoms with Gasteiger partial charge < -0.3 is 0 Å². The number of carbonyl (C=O) groups is 1. The number of ketones is 1. The smallest absolute Gasteiger partial charge is 0.142 e. The van der Waals surface area contributed by atoms with Crippen molar-refractivity contribution in [3.63, 3.8) is 0 Å². The van der Waals surface area contributed by atoms with Gasteiger partial charge >= 0.3 is 0 Å². The number of para-hydroxylation sites is 1. The normalized spacial score (nSPS) is 28.6. The van der Waals surface area contributed by atoms with Crippen molar-refractivity contribution in [3.8, 4) is 0 Å². The van der Waals surface area contributed by atoms with Gasteiger partial charge in [-0.05, 0) is 37.2 Å². The quantitative estimate of drug-likeness (QED) is 0.844. The average Bonchev–Trinajstić information content (AvgIpc) is 2.90. The lowest BCUT2D eigenvalue weighted by molar-refractivity contribution is -0.122. The van der Waals surface area contributed by atoms with Crippen LogP contribution in [0.1, 0.15) is 25.0 Å². The van der Waals surface area contributed by atoms with Gasteiger partial charge in [-0.15, -0.1) is 0 Å². The Morgan fingerprint density at radius 3 is 2.79 bits per heavy atom. The van der Waals surface area contributed by atoms with E-state index in [1.807, 2.05) is 23.9 Å². The van der Waals surface area contributed by atoms with Crippen molar-refractivity contribution in [2.24, 2.45) is 24.8 Å². The summed E-state index contributed by atoms with van der Waals surface area (Å²) in [5.74, 6) is 2.45. The number of carbonyl (C=O) groups excluding carboxylic acids is 1. The van der Waals surface area contributed by atoms with Crippen molar-refractivity contribution in [2.75, 3.05) is 0 Å². The molecule has 3 nitrogen and oxygen atoms in total. The van der Waals surface area contributed by atoms with Gasteiger partial charge in [0.15, 0.2) is 0 Å². The van der Waals surface area contributed by atoms with Crippen molar-refractivity contribution in [1.82, 2.24) is 9.78 Å². The lowest BCUT2D eigenvalue weighted by Crippen LogP contribution is -2.15. The second-order valence-corrected chi connectivity index (χ2v) is 6.15. The Morgan fingerprint density at radius 1 is 1.26 bits per heavy atom. The molecular formula is C16H18N2O. The van der Waals surface area contributed by atoms with E-state index < -0.39 is 0 Å². The molecule has 0 spiro atoms. The van der Waals surface area contributed by atoms with E-state index in [4.69, 9.17) is 0 Å². The highest BCUT2D eigenvalue weighted by molar-refractivity contribution is 5.89. The van der Waals surface area contributed by atoms with Crippen LogP contribution >= 0.6 is 0 Å². The van der Waals surface area contributed by atoms with E-state index in [0.29, 0.717) is 18.1 Å². The number of nitrogens with zero attached hydrogens (tertiary/aromatic N) is 2. The molecule has 1 heterocycles. The van der Waals surface area contributed by atoms with E-state index in [-0.39, 0.29) is 0 Å². The molecule has 0 radical (unpaired) electrons. The number of fused-ring (bicyclic) bond motifs is 2. The van der Waals surface area contributed by atoms with Crippen LogP contribution < -0.4 is 0 Å². The molecule has 4 rings (SSSR count). The van der Waals surface area contributed by atoms with Crippen molar-refractivity contribution >= 4 is 16.7 Å². The third-order valence-corrected chi connectivity index (χ3v) is 4.87. The molecule has 0 aliphatic heterocycles. The SMILES string of the molecule is Cn1nc(CC(=O)C2CC3CC3C2)c2ccccc21. The van der Waals surface area contributed by atoms with Crippen LogP contribution in [0.2, 0.25) is 0 Å². The van der Waals surface area contributed by atoms with Crippen LogP contribution in [0.4, 0.5) is 0 Å². The maximum atomic E-state index is 12.4. The van der Waals surface area contributed by atoms with Crippen molar-refractivity contribution in [3.05, 3.63) is 30.0 Å². The Bertz CT molecular complexity index is 648. The van der Waals surface area contributed by atoms with E-state index in [1.54, 1.807) is 0 Å². The van der Waals surface area contributed by atoms with Gasteiger partial charge in [-0.25, -0.2) is 0 Å². The summed E-state index contributed by atoms with van der Waals surface area (Å²) in [4.78, 5) is 12.4. The highest BCUT2D eigenvalue weighted by atomic mass is 16.1. The van der Waals surface area contributed by atoms with Crippen LogP contribution in [-0.4, -0.2) is 15.6 Å². The van der Waals surface area contributed by atoms with E-state index in [1.165, 1.54) is 6.42 Å². The van der Waals surface area contributed by atoms with E-state index in [9.17, 15) is 4.79 Å². The fourth-order valence-corrected chi connectivity index (χ4v) is 3.71. The van der Waals surface area contributed by atoms with Crippen LogP contribution in [0.15, 0.2) is 24.3 Å². The minimum atomic E-state index is 0.310. The monoisotopic (exact) mass is 254 g/mol. The minimum absolute atomic E-state index is 0.310. The van der Waals surface area contributed by atoms with Crippen molar-refractivity contribution < 1.29 is 4.79 Å². The second-order valence-electron chi connectivity index (χ2n) is 6.15. The molecule has 19 heavy (non-hydrogen) atoms.